The van der Waals surface area contributed by atoms with Gasteiger partial charge in [0, 0.05) is 12.4 Å². The number of carbonyl (C=O) groups excluding carboxylic acids is 1. The maximum Gasteiger partial charge on any atom is 0.426 e. The van der Waals surface area contributed by atoms with Gasteiger partial charge in [-0.05, 0) is 32.9 Å². The lowest BCUT2D eigenvalue weighted by Gasteiger charge is -2.22. The van der Waals surface area contributed by atoms with Gasteiger partial charge < -0.3 is 4.74 Å². The molecule has 0 saturated heterocycles. The van der Waals surface area contributed by atoms with Crippen LogP contribution in [0.15, 0.2) is 36.7 Å². The van der Waals surface area contributed by atoms with Crippen molar-refractivity contribution >= 4 is 6.09 Å². The van der Waals surface area contributed by atoms with E-state index in [2.05, 4.69) is 5.43 Å². The molecule has 82 valence electrons. The van der Waals surface area contributed by atoms with Crippen LogP contribution in [-0.4, -0.2) is 16.7 Å². The minimum Gasteiger partial charge on any atom is -0.443 e. The fourth-order valence-electron chi connectivity index (χ4n) is 0.944. The number of hydrazine groups is 1. The number of carbonyl (C=O) groups is 1. The van der Waals surface area contributed by atoms with Crippen molar-refractivity contribution in [3.63, 3.8) is 0 Å². The van der Waals surface area contributed by atoms with E-state index in [1.54, 1.807) is 12.4 Å². The normalized spacial score (nSPS) is 15.0. The zero-order valence-electron chi connectivity index (χ0n) is 9.23. The lowest BCUT2D eigenvalue weighted by Crippen LogP contribution is -2.39. The summed E-state index contributed by atoms with van der Waals surface area (Å²) in [4.78, 5) is 11.4. The molecule has 1 amide bonds. The lowest BCUT2D eigenvalue weighted by molar-refractivity contribution is 0.0435. The summed E-state index contributed by atoms with van der Waals surface area (Å²) in [7, 11) is 0. The first-order valence-corrected chi connectivity index (χ1v) is 4.77. The Kier molecular flexibility index (Phi) is 3.55. The van der Waals surface area contributed by atoms with Gasteiger partial charge in [-0.25, -0.2) is 10.2 Å². The highest BCUT2D eigenvalue weighted by Gasteiger charge is 2.16. The van der Waals surface area contributed by atoms with Crippen LogP contribution in [0.2, 0.25) is 0 Å². The molecule has 0 radical (unpaired) electrons. The second kappa shape index (κ2) is 4.68. The molecular formula is C11H16N2O2. The Morgan fingerprint density at radius 3 is 2.13 bits per heavy atom. The average molecular weight is 208 g/mol. The number of rotatable bonds is 1. The number of allylic oxidation sites excluding steroid dienone is 4. The summed E-state index contributed by atoms with van der Waals surface area (Å²) < 4.78 is 5.10. The molecule has 0 aromatic carbocycles. The average Bonchev–Trinajstić information content (AvgIpc) is 2.28. The van der Waals surface area contributed by atoms with E-state index >= 15 is 0 Å². The number of nitrogens with one attached hydrogen (secondary N) is 1. The van der Waals surface area contributed by atoms with Crippen molar-refractivity contribution in [2.75, 3.05) is 0 Å². The van der Waals surface area contributed by atoms with Crippen molar-refractivity contribution in [3.05, 3.63) is 36.7 Å². The second-order valence-electron chi connectivity index (χ2n) is 4.09. The van der Waals surface area contributed by atoms with Gasteiger partial charge in [0.2, 0.25) is 0 Å². The molecule has 0 fully saturated rings. The molecule has 1 aliphatic heterocycles. The fraction of sp³-hybridized carbons (Fsp3) is 0.364. The van der Waals surface area contributed by atoms with Crippen LogP contribution >= 0.6 is 0 Å². The summed E-state index contributed by atoms with van der Waals surface area (Å²) in [5.41, 5.74) is 2.09. The van der Waals surface area contributed by atoms with Gasteiger partial charge >= 0.3 is 6.09 Å². The summed E-state index contributed by atoms with van der Waals surface area (Å²) in [6.45, 7) is 5.46. The number of hydrogen-bond acceptors (Lipinski definition) is 3. The van der Waals surface area contributed by atoms with E-state index in [1.165, 1.54) is 5.01 Å². The standard InChI is InChI=1S/C11H16N2O2/c1-11(2,3)15-10(14)12-13-8-6-4-5-7-9-13/h4-9H,1-3H3,(H,12,14). The monoisotopic (exact) mass is 208 g/mol. The van der Waals surface area contributed by atoms with Gasteiger partial charge in [0.15, 0.2) is 0 Å². The number of hydrogen-bond donors (Lipinski definition) is 1. The van der Waals surface area contributed by atoms with E-state index in [4.69, 9.17) is 4.74 Å². The predicted molar refractivity (Wildman–Crippen MR) is 58.6 cm³/mol. The van der Waals surface area contributed by atoms with Crippen LogP contribution in [0.1, 0.15) is 20.8 Å². The minimum atomic E-state index is -0.485. The van der Waals surface area contributed by atoms with Gasteiger partial charge in [-0.3, -0.25) is 5.01 Å². The Morgan fingerprint density at radius 2 is 1.67 bits per heavy atom. The SMILES string of the molecule is CC(C)(C)OC(=O)NN1C=CC=CC=C1. The highest BCUT2D eigenvalue weighted by Crippen LogP contribution is 2.07. The van der Waals surface area contributed by atoms with Crippen molar-refractivity contribution in [2.24, 2.45) is 0 Å². The molecule has 0 aliphatic carbocycles. The summed E-state index contributed by atoms with van der Waals surface area (Å²) in [6.07, 6.45) is 10.3. The van der Waals surface area contributed by atoms with Crippen molar-refractivity contribution in [3.8, 4) is 0 Å². The third-order valence-electron chi connectivity index (χ3n) is 1.45. The topological polar surface area (TPSA) is 41.6 Å². The molecule has 1 aliphatic rings. The first-order chi connectivity index (χ1) is 6.97. The molecule has 1 N–H and O–H groups in total. The Hall–Kier alpha value is -1.71. The first kappa shape index (κ1) is 11.4. The summed E-state index contributed by atoms with van der Waals surface area (Å²) in [5.74, 6) is 0. The zero-order chi connectivity index (χ0) is 11.3. The number of ether oxygens (including phenoxy) is 1. The Bertz CT molecular complexity index is 295. The van der Waals surface area contributed by atoms with E-state index in [0.29, 0.717) is 0 Å². The molecule has 0 saturated carbocycles. The third kappa shape index (κ3) is 4.90. The van der Waals surface area contributed by atoms with Crippen molar-refractivity contribution in [1.82, 2.24) is 10.4 Å². The quantitative estimate of drug-likeness (QED) is 0.719. The molecule has 0 atom stereocenters. The van der Waals surface area contributed by atoms with Crippen LogP contribution in [0.4, 0.5) is 4.79 Å². The van der Waals surface area contributed by atoms with Gasteiger partial charge in [0.05, 0.1) is 0 Å². The second-order valence-corrected chi connectivity index (χ2v) is 4.09. The highest BCUT2D eigenvalue weighted by molar-refractivity contribution is 5.67. The molecule has 4 heteroatoms. The van der Waals surface area contributed by atoms with Gasteiger partial charge in [-0.15, -0.1) is 0 Å². The third-order valence-corrected chi connectivity index (χ3v) is 1.45. The van der Waals surface area contributed by atoms with Crippen LogP contribution < -0.4 is 5.43 Å². The van der Waals surface area contributed by atoms with Crippen molar-refractivity contribution in [2.45, 2.75) is 26.4 Å². The molecule has 0 unspecified atom stereocenters. The maximum absolute atomic E-state index is 11.4. The van der Waals surface area contributed by atoms with Crippen molar-refractivity contribution < 1.29 is 9.53 Å². The molecule has 0 bridgehead atoms. The van der Waals surface area contributed by atoms with E-state index in [1.807, 2.05) is 45.1 Å². The van der Waals surface area contributed by atoms with Crippen LogP contribution in [0, 0.1) is 0 Å². The molecule has 1 rings (SSSR count). The predicted octanol–water partition coefficient (Wildman–Crippen LogP) is 2.33. The van der Waals surface area contributed by atoms with Crippen LogP contribution in [0.5, 0.6) is 0 Å². The Balaban J connectivity index is 2.45. The largest absolute Gasteiger partial charge is 0.443 e. The summed E-state index contributed by atoms with van der Waals surface area (Å²) in [6, 6.07) is 0. The van der Waals surface area contributed by atoms with Crippen LogP contribution in [-0.2, 0) is 4.74 Å². The lowest BCUT2D eigenvalue weighted by atomic mass is 10.2. The molecule has 0 aromatic heterocycles. The van der Waals surface area contributed by atoms with Gasteiger partial charge in [0.25, 0.3) is 0 Å². The van der Waals surface area contributed by atoms with E-state index in [-0.39, 0.29) is 0 Å². The molecular weight excluding hydrogens is 192 g/mol. The van der Waals surface area contributed by atoms with Gasteiger partial charge in [0.1, 0.15) is 5.60 Å². The van der Waals surface area contributed by atoms with E-state index in [9.17, 15) is 4.79 Å². The van der Waals surface area contributed by atoms with Crippen molar-refractivity contribution in [1.29, 1.82) is 0 Å². The fourth-order valence-corrected chi connectivity index (χ4v) is 0.944. The van der Waals surface area contributed by atoms with E-state index in [0.717, 1.165) is 0 Å². The van der Waals surface area contributed by atoms with Crippen LogP contribution in [0.3, 0.4) is 0 Å². The maximum atomic E-state index is 11.4. The Labute approximate surface area is 89.9 Å². The highest BCUT2D eigenvalue weighted by atomic mass is 16.6. The molecule has 0 aromatic rings. The van der Waals surface area contributed by atoms with Gasteiger partial charge in [-0.1, -0.05) is 12.2 Å². The molecule has 0 spiro atoms. The minimum absolute atomic E-state index is 0.473. The van der Waals surface area contributed by atoms with E-state index < -0.39 is 11.7 Å². The number of nitrogens with zero attached hydrogens (tertiary/aromatic N) is 1. The number of amides is 1. The zero-order valence-corrected chi connectivity index (χ0v) is 9.23. The smallest absolute Gasteiger partial charge is 0.426 e. The molecule has 4 nitrogen and oxygen atoms in total. The summed E-state index contributed by atoms with van der Waals surface area (Å²) >= 11 is 0. The molecule has 1 heterocycles. The first-order valence-electron chi connectivity index (χ1n) is 4.77. The molecule has 15 heavy (non-hydrogen) atoms. The van der Waals surface area contributed by atoms with Gasteiger partial charge in [-0.2, -0.15) is 0 Å². The summed E-state index contributed by atoms with van der Waals surface area (Å²) in [5, 5.41) is 1.54. The Morgan fingerprint density at radius 1 is 1.13 bits per heavy atom. The van der Waals surface area contributed by atoms with Crippen LogP contribution in [0.25, 0.3) is 0 Å².